The normalized spacial score (nSPS) is 14.0. The van der Waals surface area contributed by atoms with Gasteiger partial charge in [0.15, 0.2) is 0 Å². The molecular weight excluding hydrogens is 303 g/mol. The summed E-state index contributed by atoms with van der Waals surface area (Å²) in [6.45, 7) is 0. The van der Waals surface area contributed by atoms with E-state index in [1.54, 1.807) is 12.1 Å². The number of carbonyl (C=O) groups is 1. The molecule has 0 saturated heterocycles. The van der Waals surface area contributed by atoms with Gasteiger partial charge < -0.3 is 5.32 Å². The van der Waals surface area contributed by atoms with Crippen molar-refractivity contribution < 1.29 is 18.0 Å². The monoisotopic (exact) mass is 311 g/mol. The van der Waals surface area contributed by atoms with Crippen molar-refractivity contribution in [3.05, 3.63) is 52.5 Å². The Hall–Kier alpha value is -2.01. The van der Waals surface area contributed by atoms with E-state index in [1.807, 2.05) is 0 Å². The van der Waals surface area contributed by atoms with E-state index in [1.165, 1.54) is 18.2 Å². The summed E-state index contributed by atoms with van der Waals surface area (Å²) in [4.78, 5) is 11.3. The maximum atomic E-state index is 13.1. The van der Waals surface area contributed by atoms with Gasteiger partial charge in [-0.05, 0) is 35.4 Å². The zero-order valence-electron chi connectivity index (χ0n) is 10.6. The van der Waals surface area contributed by atoms with Crippen LogP contribution in [0.4, 0.5) is 18.9 Å². The minimum atomic E-state index is -4.49. The molecule has 0 saturated carbocycles. The molecule has 6 heteroatoms. The quantitative estimate of drug-likeness (QED) is 0.824. The van der Waals surface area contributed by atoms with Gasteiger partial charge in [-0.1, -0.05) is 23.7 Å². The average molecular weight is 312 g/mol. The van der Waals surface area contributed by atoms with Crippen LogP contribution in [0.15, 0.2) is 36.4 Å². The highest BCUT2D eigenvalue weighted by molar-refractivity contribution is 6.33. The van der Waals surface area contributed by atoms with E-state index in [-0.39, 0.29) is 22.9 Å². The molecular formula is C15H9ClF3NO. The van der Waals surface area contributed by atoms with Crippen molar-refractivity contribution in [1.29, 1.82) is 0 Å². The Labute approximate surface area is 123 Å². The average Bonchev–Trinajstić information content (AvgIpc) is 2.76. The zero-order valence-corrected chi connectivity index (χ0v) is 11.3. The van der Waals surface area contributed by atoms with Gasteiger partial charge in [-0.2, -0.15) is 13.2 Å². The number of carbonyl (C=O) groups excluding carboxylic acids is 1. The van der Waals surface area contributed by atoms with Gasteiger partial charge in [0.1, 0.15) is 0 Å². The number of halogens is 4. The van der Waals surface area contributed by atoms with E-state index in [4.69, 9.17) is 11.6 Å². The van der Waals surface area contributed by atoms with Crippen LogP contribution in [-0.2, 0) is 17.4 Å². The molecule has 1 heterocycles. The van der Waals surface area contributed by atoms with Crippen molar-refractivity contribution in [2.75, 3.05) is 5.32 Å². The Morgan fingerprint density at radius 2 is 1.90 bits per heavy atom. The molecule has 1 amide bonds. The first-order valence-corrected chi connectivity index (χ1v) is 6.53. The molecule has 108 valence electrons. The second-order valence-electron chi connectivity index (χ2n) is 4.76. The summed E-state index contributed by atoms with van der Waals surface area (Å²) in [7, 11) is 0. The lowest BCUT2D eigenvalue weighted by Crippen LogP contribution is -2.07. The highest BCUT2D eigenvalue weighted by atomic mass is 35.5. The number of benzene rings is 2. The number of nitrogens with one attached hydrogen (secondary N) is 1. The lowest BCUT2D eigenvalue weighted by molar-refractivity contribution is -0.137. The molecule has 2 nitrogen and oxygen atoms in total. The molecule has 2 aromatic rings. The van der Waals surface area contributed by atoms with Gasteiger partial charge in [-0.15, -0.1) is 0 Å². The van der Waals surface area contributed by atoms with Gasteiger partial charge in [-0.25, -0.2) is 0 Å². The van der Waals surface area contributed by atoms with Gasteiger partial charge >= 0.3 is 6.18 Å². The van der Waals surface area contributed by atoms with E-state index in [0.29, 0.717) is 16.8 Å². The minimum Gasteiger partial charge on any atom is -0.326 e. The van der Waals surface area contributed by atoms with Crippen LogP contribution in [-0.4, -0.2) is 5.91 Å². The van der Waals surface area contributed by atoms with Gasteiger partial charge in [-0.3, -0.25) is 4.79 Å². The van der Waals surface area contributed by atoms with Gasteiger partial charge in [0.25, 0.3) is 0 Å². The van der Waals surface area contributed by atoms with Crippen molar-refractivity contribution in [2.45, 2.75) is 12.6 Å². The Bertz CT molecular complexity index is 740. The summed E-state index contributed by atoms with van der Waals surface area (Å²) in [6.07, 6.45) is -4.33. The standard InChI is InChI=1S/C15H9ClF3NO/c16-11-3-1-2-10(15(17,18)19)14(11)8-4-5-12-9(6-8)7-13(21)20-12/h1-6H,7H2,(H,20,21). The molecule has 1 aliphatic heterocycles. The Kier molecular flexibility index (Phi) is 3.17. The molecule has 0 atom stereocenters. The van der Waals surface area contributed by atoms with Gasteiger partial charge in [0.2, 0.25) is 5.91 Å². The highest BCUT2D eigenvalue weighted by Gasteiger charge is 2.34. The van der Waals surface area contributed by atoms with Crippen LogP contribution in [0.3, 0.4) is 0 Å². The van der Waals surface area contributed by atoms with Crippen molar-refractivity contribution >= 4 is 23.2 Å². The summed E-state index contributed by atoms with van der Waals surface area (Å²) in [5, 5.41) is 2.67. The first kappa shape index (κ1) is 13.9. The lowest BCUT2D eigenvalue weighted by Gasteiger charge is -2.15. The molecule has 1 aliphatic rings. The SMILES string of the molecule is O=C1Cc2cc(-c3c(Cl)cccc3C(F)(F)F)ccc2N1. The molecule has 0 radical (unpaired) electrons. The van der Waals surface area contributed by atoms with Crippen LogP contribution < -0.4 is 5.32 Å². The van der Waals surface area contributed by atoms with Crippen molar-refractivity contribution in [1.82, 2.24) is 0 Å². The molecule has 0 unspecified atom stereocenters. The predicted molar refractivity (Wildman–Crippen MR) is 74.2 cm³/mol. The predicted octanol–water partition coefficient (Wildman–Crippen LogP) is 4.52. The van der Waals surface area contributed by atoms with Crippen LogP contribution >= 0.6 is 11.6 Å². The number of anilines is 1. The molecule has 0 fully saturated rings. The highest BCUT2D eigenvalue weighted by Crippen LogP contribution is 2.42. The third-order valence-corrected chi connectivity index (χ3v) is 3.65. The third-order valence-electron chi connectivity index (χ3n) is 3.34. The smallest absolute Gasteiger partial charge is 0.326 e. The third kappa shape index (κ3) is 2.49. The minimum absolute atomic E-state index is 0.0297. The molecule has 21 heavy (non-hydrogen) atoms. The molecule has 3 rings (SSSR count). The van der Waals surface area contributed by atoms with Crippen molar-refractivity contribution in [3.8, 4) is 11.1 Å². The fourth-order valence-electron chi connectivity index (χ4n) is 2.44. The largest absolute Gasteiger partial charge is 0.417 e. The molecule has 0 bridgehead atoms. The van der Waals surface area contributed by atoms with E-state index >= 15 is 0 Å². The maximum Gasteiger partial charge on any atom is 0.417 e. The van der Waals surface area contributed by atoms with Crippen LogP contribution in [0.2, 0.25) is 5.02 Å². The van der Waals surface area contributed by atoms with Crippen LogP contribution in [0.1, 0.15) is 11.1 Å². The lowest BCUT2D eigenvalue weighted by atomic mass is 9.97. The molecule has 0 spiro atoms. The molecule has 2 aromatic carbocycles. The van der Waals surface area contributed by atoms with E-state index in [2.05, 4.69) is 5.32 Å². The zero-order chi connectivity index (χ0) is 15.2. The van der Waals surface area contributed by atoms with Crippen molar-refractivity contribution in [3.63, 3.8) is 0 Å². The summed E-state index contributed by atoms with van der Waals surface area (Å²) in [5.41, 5.74) is 0.805. The molecule has 1 N–H and O–H groups in total. The summed E-state index contributed by atoms with van der Waals surface area (Å²) in [6, 6.07) is 8.39. The van der Waals surface area contributed by atoms with Crippen LogP contribution in [0, 0.1) is 0 Å². The van der Waals surface area contributed by atoms with Crippen LogP contribution in [0.5, 0.6) is 0 Å². The number of amides is 1. The van der Waals surface area contributed by atoms with Crippen molar-refractivity contribution in [2.24, 2.45) is 0 Å². The summed E-state index contributed by atoms with van der Waals surface area (Å²) in [5.74, 6) is -0.169. The van der Waals surface area contributed by atoms with E-state index in [9.17, 15) is 18.0 Å². The second-order valence-corrected chi connectivity index (χ2v) is 5.16. The van der Waals surface area contributed by atoms with E-state index < -0.39 is 11.7 Å². The number of alkyl halides is 3. The maximum absolute atomic E-state index is 13.1. The molecule has 0 aromatic heterocycles. The fraction of sp³-hybridized carbons (Fsp3) is 0.133. The fourth-order valence-corrected chi connectivity index (χ4v) is 2.72. The number of hydrogen-bond donors (Lipinski definition) is 1. The number of rotatable bonds is 1. The topological polar surface area (TPSA) is 29.1 Å². The Balaban J connectivity index is 2.18. The van der Waals surface area contributed by atoms with Crippen LogP contribution in [0.25, 0.3) is 11.1 Å². The molecule has 0 aliphatic carbocycles. The number of fused-ring (bicyclic) bond motifs is 1. The number of hydrogen-bond acceptors (Lipinski definition) is 1. The Morgan fingerprint density at radius 3 is 2.62 bits per heavy atom. The van der Waals surface area contributed by atoms with Gasteiger partial charge in [0.05, 0.1) is 12.0 Å². The second kappa shape index (κ2) is 4.77. The first-order valence-electron chi connectivity index (χ1n) is 6.15. The Morgan fingerprint density at radius 1 is 1.14 bits per heavy atom. The summed E-state index contributed by atoms with van der Waals surface area (Å²) >= 11 is 5.97. The first-order chi connectivity index (χ1) is 9.86. The van der Waals surface area contributed by atoms with E-state index in [0.717, 1.165) is 6.07 Å². The summed E-state index contributed by atoms with van der Waals surface area (Å²) < 4.78 is 39.4. The van der Waals surface area contributed by atoms with Gasteiger partial charge in [0, 0.05) is 16.3 Å².